The third-order valence-corrected chi connectivity index (χ3v) is 4.57. The number of halogens is 5. The summed E-state index contributed by atoms with van der Waals surface area (Å²) in [6, 6.07) is 5.07. The minimum absolute atomic E-state index is 0.0367. The van der Waals surface area contributed by atoms with Crippen LogP contribution in [0.1, 0.15) is 43.7 Å². The Kier molecular flexibility index (Phi) is 6.74. The topological polar surface area (TPSA) is 81.1 Å². The first-order chi connectivity index (χ1) is 12.6. The summed E-state index contributed by atoms with van der Waals surface area (Å²) in [4.78, 5) is 8.90. The van der Waals surface area contributed by atoms with Crippen molar-refractivity contribution in [3.63, 3.8) is 0 Å². The summed E-state index contributed by atoms with van der Waals surface area (Å²) in [6.45, 7) is 0.756. The van der Waals surface area contributed by atoms with Crippen molar-refractivity contribution in [3.05, 3.63) is 30.0 Å². The van der Waals surface area contributed by atoms with Crippen molar-refractivity contribution in [1.29, 1.82) is 0 Å². The second-order valence-corrected chi connectivity index (χ2v) is 6.44. The number of aliphatic carboxylic acids is 1. The Labute approximate surface area is 151 Å². The van der Waals surface area contributed by atoms with Gasteiger partial charge in [-0.3, -0.25) is 4.68 Å². The van der Waals surface area contributed by atoms with Gasteiger partial charge in [0.25, 0.3) is 6.43 Å². The van der Waals surface area contributed by atoms with E-state index in [0.29, 0.717) is 17.5 Å². The van der Waals surface area contributed by atoms with E-state index in [4.69, 9.17) is 15.6 Å². The van der Waals surface area contributed by atoms with Crippen LogP contribution in [0, 0.1) is 5.92 Å². The molecule has 2 aromatic rings. The van der Waals surface area contributed by atoms with E-state index in [1.165, 1.54) is 12.1 Å². The number of fused-ring (bicyclic) bond motifs is 1. The Morgan fingerprint density at radius 2 is 1.85 bits per heavy atom. The number of alkyl halides is 5. The molecule has 0 radical (unpaired) electrons. The summed E-state index contributed by atoms with van der Waals surface area (Å²) < 4.78 is 59.1. The maximum absolute atomic E-state index is 12.7. The number of carboxylic acid groups (broad SMARTS) is 1. The largest absolute Gasteiger partial charge is 0.490 e. The molecule has 1 saturated carbocycles. The van der Waals surface area contributed by atoms with Crippen LogP contribution in [0.3, 0.4) is 0 Å². The van der Waals surface area contributed by atoms with Crippen LogP contribution in [-0.4, -0.2) is 33.6 Å². The van der Waals surface area contributed by atoms with Gasteiger partial charge in [0.1, 0.15) is 0 Å². The molecule has 0 saturated heterocycles. The molecule has 1 aliphatic rings. The van der Waals surface area contributed by atoms with Gasteiger partial charge in [-0.15, -0.1) is 0 Å². The third-order valence-electron chi connectivity index (χ3n) is 4.57. The van der Waals surface area contributed by atoms with Crippen LogP contribution in [0.5, 0.6) is 0 Å². The first-order valence-electron chi connectivity index (χ1n) is 8.39. The van der Waals surface area contributed by atoms with E-state index in [0.717, 1.165) is 37.6 Å². The van der Waals surface area contributed by atoms with E-state index in [1.54, 1.807) is 6.07 Å². The second-order valence-electron chi connectivity index (χ2n) is 6.44. The van der Waals surface area contributed by atoms with Gasteiger partial charge in [-0.05, 0) is 44.2 Å². The molecule has 0 bridgehead atoms. The molecule has 10 heteroatoms. The van der Waals surface area contributed by atoms with Gasteiger partial charge in [-0.1, -0.05) is 12.1 Å². The Morgan fingerprint density at radius 3 is 2.33 bits per heavy atom. The highest BCUT2D eigenvalue weighted by Crippen LogP contribution is 2.32. The molecule has 0 amide bonds. The van der Waals surface area contributed by atoms with Crippen molar-refractivity contribution in [2.24, 2.45) is 11.7 Å². The van der Waals surface area contributed by atoms with Crippen molar-refractivity contribution >= 4 is 16.9 Å². The maximum atomic E-state index is 12.7. The molecule has 5 nitrogen and oxygen atoms in total. The second kappa shape index (κ2) is 8.64. The molecule has 3 rings (SSSR count). The van der Waals surface area contributed by atoms with Gasteiger partial charge in [0, 0.05) is 17.1 Å². The van der Waals surface area contributed by atoms with Gasteiger partial charge in [0.05, 0.1) is 11.6 Å². The molecule has 0 aliphatic heterocycles. The average Bonchev–Trinajstić information content (AvgIpc) is 3.04. The van der Waals surface area contributed by atoms with E-state index in [9.17, 15) is 22.0 Å². The summed E-state index contributed by atoms with van der Waals surface area (Å²) >= 11 is 0. The highest BCUT2D eigenvalue weighted by molar-refractivity contribution is 5.78. The predicted octanol–water partition coefficient (Wildman–Crippen LogP) is 4.30. The van der Waals surface area contributed by atoms with Crippen LogP contribution in [0.4, 0.5) is 22.0 Å². The van der Waals surface area contributed by atoms with Crippen molar-refractivity contribution in [2.45, 2.75) is 44.3 Å². The number of nitrogens with two attached hydrogens (primary N) is 1. The lowest BCUT2D eigenvalue weighted by Gasteiger charge is -2.27. The monoisotopic (exact) mass is 393 g/mol. The van der Waals surface area contributed by atoms with Crippen molar-refractivity contribution in [3.8, 4) is 0 Å². The average molecular weight is 393 g/mol. The van der Waals surface area contributed by atoms with Crippen molar-refractivity contribution in [2.75, 3.05) is 6.54 Å². The zero-order valence-corrected chi connectivity index (χ0v) is 14.3. The molecule has 1 aromatic carbocycles. The SMILES string of the molecule is NCC1CCC(n2cc3ccc(C(F)F)cc3n2)CC1.O=C(O)C(F)(F)F. The van der Waals surface area contributed by atoms with Crippen LogP contribution in [0.15, 0.2) is 24.4 Å². The van der Waals surface area contributed by atoms with E-state index in [2.05, 4.69) is 5.10 Å². The number of aromatic nitrogens is 2. The van der Waals surface area contributed by atoms with Gasteiger partial charge in [-0.25, -0.2) is 13.6 Å². The number of hydrogen-bond acceptors (Lipinski definition) is 3. The normalized spacial score (nSPS) is 20.4. The standard InChI is InChI=1S/C15H19F2N3.C2HF3O2/c16-15(17)11-3-4-12-9-20(19-14(12)7-11)13-5-1-10(8-18)2-6-13;3-2(4,5)1(6)7/h3-4,7,9-10,13,15H,1-2,5-6,8,18H2;(H,6,7). The quantitative estimate of drug-likeness (QED) is 0.762. The Morgan fingerprint density at radius 1 is 1.26 bits per heavy atom. The molecule has 0 atom stereocenters. The summed E-state index contributed by atoms with van der Waals surface area (Å²) in [5.41, 5.74) is 6.39. The Hall–Kier alpha value is -2.23. The molecule has 0 spiro atoms. The Balaban J connectivity index is 0.000000321. The molecule has 27 heavy (non-hydrogen) atoms. The lowest BCUT2D eigenvalue weighted by Crippen LogP contribution is -2.23. The smallest absolute Gasteiger partial charge is 0.475 e. The van der Waals surface area contributed by atoms with Crippen LogP contribution in [0.25, 0.3) is 10.9 Å². The van der Waals surface area contributed by atoms with E-state index in [-0.39, 0.29) is 5.56 Å². The van der Waals surface area contributed by atoms with Gasteiger partial charge < -0.3 is 10.8 Å². The number of carboxylic acids is 1. The lowest BCUT2D eigenvalue weighted by atomic mass is 9.86. The fourth-order valence-electron chi connectivity index (χ4n) is 3.02. The molecular formula is C17H20F5N3O2. The van der Waals surface area contributed by atoms with Gasteiger partial charge >= 0.3 is 12.1 Å². The number of carbonyl (C=O) groups is 1. The number of nitrogens with zero attached hydrogens (tertiary/aromatic N) is 2. The molecule has 1 fully saturated rings. The van der Waals surface area contributed by atoms with E-state index >= 15 is 0 Å². The van der Waals surface area contributed by atoms with Crippen LogP contribution in [0.2, 0.25) is 0 Å². The van der Waals surface area contributed by atoms with Crippen molar-refractivity contribution in [1.82, 2.24) is 9.78 Å². The molecular weight excluding hydrogens is 373 g/mol. The maximum Gasteiger partial charge on any atom is 0.490 e. The molecule has 150 valence electrons. The fourth-order valence-corrected chi connectivity index (χ4v) is 3.02. The van der Waals surface area contributed by atoms with Gasteiger partial charge in [0.2, 0.25) is 0 Å². The van der Waals surface area contributed by atoms with Crippen LogP contribution in [-0.2, 0) is 4.79 Å². The van der Waals surface area contributed by atoms with Crippen LogP contribution >= 0.6 is 0 Å². The molecule has 0 unspecified atom stereocenters. The molecule has 1 heterocycles. The highest BCUT2D eigenvalue weighted by atomic mass is 19.4. The molecule has 1 aliphatic carbocycles. The van der Waals surface area contributed by atoms with E-state index in [1.807, 2.05) is 10.9 Å². The highest BCUT2D eigenvalue weighted by Gasteiger charge is 2.38. The van der Waals surface area contributed by atoms with Gasteiger partial charge in [-0.2, -0.15) is 18.3 Å². The Bertz CT molecular complexity index is 768. The zero-order chi connectivity index (χ0) is 20.2. The molecule has 1 aromatic heterocycles. The minimum atomic E-state index is -5.08. The first-order valence-corrected chi connectivity index (χ1v) is 8.39. The first kappa shape index (κ1) is 21.1. The summed E-state index contributed by atoms with van der Waals surface area (Å²) in [7, 11) is 0. The summed E-state index contributed by atoms with van der Waals surface area (Å²) in [5.74, 6) is -2.13. The fraction of sp³-hybridized carbons (Fsp3) is 0.529. The summed E-state index contributed by atoms with van der Waals surface area (Å²) in [5, 5.41) is 12.5. The number of hydrogen-bond donors (Lipinski definition) is 2. The van der Waals surface area contributed by atoms with Crippen LogP contribution < -0.4 is 5.73 Å². The van der Waals surface area contributed by atoms with Crippen molar-refractivity contribution < 1.29 is 31.9 Å². The molecule has 3 N–H and O–H groups in total. The third kappa shape index (κ3) is 5.62. The summed E-state index contributed by atoms with van der Waals surface area (Å²) in [6.07, 6.45) is -1.17. The lowest BCUT2D eigenvalue weighted by molar-refractivity contribution is -0.192. The zero-order valence-electron chi connectivity index (χ0n) is 14.3. The number of benzene rings is 1. The predicted molar refractivity (Wildman–Crippen MR) is 88.4 cm³/mol. The number of rotatable bonds is 3. The van der Waals surface area contributed by atoms with Gasteiger partial charge in [0.15, 0.2) is 0 Å². The van der Waals surface area contributed by atoms with E-state index < -0.39 is 18.6 Å². The minimum Gasteiger partial charge on any atom is -0.475 e.